The molecule has 0 unspecified atom stereocenters. The van der Waals surface area contributed by atoms with Crippen LogP contribution in [0.4, 0.5) is 10.1 Å². The maximum absolute atomic E-state index is 14.0. The number of rotatable bonds is 8. The van der Waals surface area contributed by atoms with Gasteiger partial charge >= 0.3 is 0 Å². The first-order chi connectivity index (χ1) is 22.1. The van der Waals surface area contributed by atoms with E-state index in [1.54, 1.807) is 12.1 Å². The first-order valence-corrected chi connectivity index (χ1v) is 16.5. The minimum absolute atomic E-state index is 0.206. The molecule has 1 saturated heterocycles. The summed E-state index contributed by atoms with van der Waals surface area (Å²) < 4.78 is 14.0. The van der Waals surface area contributed by atoms with Crippen LogP contribution in [0.15, 0.2) is 85.2 Å². The van der Waals surface area contributed by atoms with Crippen molar-refractivity contribution in [2.24, 2.45) is 0 Å². The Morgan fingerprint density at radius 3 is 1.65 bits per heavy atom. The smallest absolute Gasteiger partial charge is 0.123 e. The van der Waals surface area contributed by atoms with Gasteiger partial charge in [-0.15, -0.1) is 0 Å². The van der Waals surface area contributed by atoms with E-state index in [9.17, 15) is 4.39 Å². The molecule has 0 aliphatic carbocycles. The third kappa shape index (κ3) is 7.05. The lowest BCUT2D eigenvalue weighted by molar-refractivity contribution is 0.201. The molecule has 46 heavy (non-hydrogen) atoms. The van der Waals surface area contributed by atoms with Crippen molar-refractivity contribution in [3.63, 3.8) is 0 Å². The first kappa shape index (κ1) is 31.6. The first-order valence-electron chi connectivity index (χ1n) is 16.5. The lowest BCUT2D eigenvalue weighted by Crippen LogP contribution is -2.44. The fourth-order valence-electron chi connectivity index (χ4n) is 6.74. The van der Waals surface area contributed by atoms with E-state index in [0.29, 0.717) is 6.04 Å². The van der Waals surface area contributed by atoms with E-state index in [4.69, 9.17) is 9.97 Å². The molecule has 0 amide bonds. The van der Waals surface area contributed by atoms with Gasteiger partial charge in [-0.3, -0.25) is 14.9 Å². The molecule has 1 aliphatic heterocycles. The normalized spacial score (nSPS) is 14.1. The van der Waals surface area contributed by atoms with E-state index < -0.39 is 0 Å². The molecule has 0 N–H and O–H groups in total. The maximum atomic E-state index is 14.0. The van der Waals surface area contributed by atoms with E-state index in [2.05, 4.69) is 99.9 Å². The Bertz CT molecular complexity index is 1790. The van der Waals surface area contributed by atoms with E-state index >= 15 is 0 Å². The van der Waals surface area contributed by atoms with E-state index in [-0.39, 0.29) is 5.82 Å². The van der Waals surface area contributed by atoms with Crippen LogP contribution in [0, 0.1) is 47.4 Å². The van der Waals surface area contributed by atoms with Crippen LogP contribution >= 0.6 is 0 Å². The number of nitrogens with zero attached hydrogens (tertiary/aromatic N) is 4. The van der Waals surface area contributed by atoms with E-state index in [0.717, 1.165) is 61.7 Å². The second kappa shape index (κ2) is 13.6. The molecule has 0 atom stereocenters. The summed E-state index contributed by atoms with van der Waals surface area (Å²) in [6.07, 6.45) is 5.95. The molecule has 1 aliphatic rings. The van der Waals surface area contributed by atoms with Crippen molar-refractivity contribution in [2.45, 2.75) is 73.5 Å². The molecule has 0 spiro atoms. The van der Waals surface area contributed by atoms with Crippen LogP contribution in [0.25, 0.3) is 22.5 Å². The highest BCUT2D eigenvalue weighted by atomic mass is 19.1. The van der Waals surface area contributed by atoms with E-state index in [1.807, 2.05) is 24.5 Å². The summed E-state index contributed by atoms with van der Waals surface area (Å²) in [6, 6.07) is 25.0. The van der Waals surface area contributed by atoms with Crippen molar-refractivity contribution < 1.29 is 4.39 Å². The Balaban J connectivity index is 1.17. The summed E-state index contributed by atoms with van der Waals surface area (Å²) in [7, 11) is 0. The molecule has 236 valence electrons. The summed E-state index contributed by atoms with van der Waals surface area (Å²) in [5.41, 5.74) is 15.8. The largest absolute Gasteiger partial charge is 0.364 e. The summed E-state index contributed by atoms with van der Waals surface area (Å²) >= 11 is 0. The molecule has 3 aromatic carbocycles. The number of likely N-dealkylation sites (tertiary alicyclic amines) is 1. The van der Waals surface area contributed by atoms with Crippen molar-refractivity contribution in [1.82, 2.24) is 14.9 Å². The molecule has 1 fully saturated rings. The van der Waals surface area contributed by atoms with Crippen molar-refractivity contribution in [3.8, 4) is 22.5 Å². The topological polar surface area (TPSA) is 32.3 Å². The number of hydrogen-bond acceptors (Lipinski definition) is 4. The quantitative estimate of drug-likeness (QED) is 0.175. The second-order valence-electron chi connectivity index (χ2n) is 13.2. The molecule has 0 saturated carbocycles. The minimum atomic E-state index is -0.206. The summed E-state index contributed by atoms with van der Waals surface area (Å²) in [4.78, 5) is 14.5. The van der Waals surface area contributed by atoms with Gasteiger partial charge in [0, 0.05) is 61.4 Å². The van der Waals surface area contributed by atoms with Gasteiger partial charge in [-0.05, 0) is 172 Å². The summed E-state index contributed by atoms with van der Waals surface area (Å²) in [5, 5.41) is 0. The summed E-state index contributed by atoms with van der Waals surface area (Å²) in [5.74, 6) is -0.206. The van der Waals surface area contributed by atoms with Gasteiger partial charge in [0.05, 0.1) is 11.4 Å². The number of pyridine rings is 2. The number of piperidine rings is 1. The molecular weight excluding hydrogens is 567 g/mol. The standard InChI is InChI=1S/C41H45FN4/c1-27-19-35(20-28(2)31(27)5)40-23-33(11-15-43-40)25-45-17-13-39(14-18-45)46(38-9-7-37(42)8-10-38)26-34-12-16-44-41(24-34)36-21-29(3)32(6)30(4)22-36/h7-12,15-16,19-24,39H,13-14,17-18,25-26H2,1-6H3. The number of anilines is 1. The van der Waals surface area contributed by atoms with E-state index in [1.165, 1.54) is 50.1 Å². The zero-order valence-electron chi connectivity index (χ0n) is 28.1. The number of benzene rings is 3. The van der Waals surface area contributed by atoms with Gasteiger partial charge in [-0.1, -0.05) is 0 Å². The molecule has 0 bridgehead atoms. The van der Waals surface area contributed by atoms with Gasteiger partial charge in [-0.25, -0.2) is 4.39 Å². The van der Waals surface area contributed by atoms with Crippen molar-refractivity contribution in [2.75, 3.05) is 18.0 Å². The van der Waals surface area contributed by atoms with Crippen LogP contribution in [0.1, 0.15) is 57.3 Å². The third-order valence-electron chi connectivity index (χ3n) is 10.0. The van der Waals surface area contributed by atoms with Gasteiger partial charge in [0.1, 0.15) is 5.82 Å². The van der Waals surface area contributed by atoms with Crippen LogP contribution in [0.3, 0.4) is 0 Å². The fraction of sp³-hybridized carbons (Fsp3) is 0.317. The van der Waals surface area contributed by atoms with Crippen molar-refractivity contribution in [3.05, 3.63) is 136 Å². The van der Waals surface area contributed by atoms with Crippen LogP contribution in [-0.2, 0) is 13.1 Å². The number of halogens is 1. The van der Waals surface area contributed by atoms with Crippen LogP contribution in [0.5, 0.6) is 0 Å². The average Bonchev–Trinajstić information content (AvgIpc) is 3.06. The van der Waals surface area contributed by atoms with Crippen molar-refractivity contribution in [1.29, 1.82) is 0 Å². The molecule has 5 aromatic rings. The zero-order chi connectivity index (χ0) is 32.4. The Labute approximate surface area is 274 Å². The van der Waals surface area contributed by atoms with Gasteiger partial charge < -0.3 is 4.90 Å². The molecule has 0 radical (unpaired) electrons. The Hall–Kier alpha value is -4.35. The average molecular weight is 613 g/mol. The number of aromatic nitrogens is 2. The fourth-order valence-corrected chi connectivity index (χ4v) is 6.74. The Morgan fingerprint density at radius 2 is 1.13 bits per heavy atom. The van der Waals surface area contributed by atoms with Crippen LogP contribution < -0.4 is 4.90 Å². The maximum Gasteiger partial charge on any atom is 0.123 e. The Morgan fingerprint density at radius 1 is 0.652 bits per heavy atom. The third-order valence-corrected chi connectivity index (χ3v) is 10.0. The SMILES string of the molecule is Cc1cc(-c2cc(CN3CCC(N(Cc4ccnc(-c5cc(C)c(C)c(C)c5)c4)c4ccc(F)cc4)CC3)ccn2)cc(C)c1C. The van der Waals surface area contributed by atoms with Crippen molar-refractivity contribution >= 4 is 5.69 Å². The molecule has 5 heteroatoms. The molecular formula is C41H45FN4. The monoisotopic (exact) mass is 612 g/mol. The van der Waals surface area contributed by atoms with Crippen LogP contribution in [0.2, 0.25) is 0 Å². The minimum Gasteiger partial charge on any atom is -0.364 e. The molecule has 6 rings (SSSR count). The zero-order valence-corrected chi connectivity index (χ0v) is 28.1. The summed E-state index contributed by atoms with van der Waals surface area (Å²) in [6.45, 7) is 16.7. The lowest BCUT2D eigenvalue weighted by Gasteiger charge is -2.40. The van der Waals surface area contributed by atoms with Gasteiger partial charge in [0.25, 0.3) is 0 Å². The highest BCUT2D eigenvalue weighted by molar-refractivity contribution is 5.64. The van der Waals surface area contributed by atoms with Gasteiger partial charge in [0.15, 0.2) is 0 Å². The lowest BCUT2D eigenvalue weighted by atomic mass is 9.97. The molecule has 3 heterocycles. The van der Waals surface area contributed by atoms with Crippen LogP contribution in [-0.4, -0.2) is 34.0 Å². The highest BCUT2D eigenvalue weighted by Crippen LogP contribution is 2.30. The number of aryl methyl sites for hydroxylation is 4. The molecule has 2 aromatic heterocycles. The Kier molecular flexibility index (Phi) is 9.32. The highest BCUT2D eigenvalue weighted by Gasteiger charge is 2.26. The predicted octanol–water partition coefficient (Wildman–Crippen LogP) is 9.47. The van der Waals surface area contributed by atoms with Gasteiger partial charge in [0.2, 0.25) is 0 Å². The second-order valence-corrected chi connectivity index (χ2v) is 13.2. The number of hydrogen-bond donors (Lipinski definition) is 0. The molecule has 4 nitrogen and oxygen atoms in total. The van der Waals surface area contributed by atoms with Gasteiger partial charge in [-0.2, -0.15) is 0 Å². The predicted molar refractivity (Wildman–Crippen MR) is 189 cm³/mol.